The van der Waals surface area contributed by atoms with E-state index in [4.69, 9.17) is 9.66 Å². The summed E-state index contributed by atoms with van der Waals surface area (Å²) in [7, 11) is -4.08. The number of nitrogens with one attached hydrogen (secondary N) is 2. The van der Waals surface area contributed by atoms with Crippen molar-refractivity contribution in [1.82, 2.24) is 10.6 Å². The van der Waals surface area contributed by atoms with Gasteiger partial charge in [-0.25, -0.2) is 0 Å². The fourth-order valence-corrected chi connectivity index (χ4v) is 2.11. The smallest absolute Gasteiger partial charge is 0.267 e. The van der Waals surface area contributed by atoms with Gasteiger partial charge in [0, 0.05) is 6.54 Å². The maximum Gasteiger partial charge on any atom is 0.267 e. The molecule has 2 amide bonds. The number of rotatable bonds is 7. The molecule has 0 saturated carbocycles. The average molecular weight is 322 g/mol. The molecule has 0 fully saturated rings. The zero-order chi connectivity index (χ0) is 17.1. The highest BCUT2D eigenvalue weighted by Gasteiger charge is 2.25. The third-order valence-corrected chi connectivity index (χ3v) is 2.87. The lowest BCUT2D eigenvalue weighted by Gasteiger charge is -2.23. The molecule has 9 heteroatoms. The molecule has 0 spiro atoms. The van der Waals surface area contributed by atoms with Crippen LogP contribution in [0, 0.1) is 0 Å². The minimum absolute atomic E-state index is 0.0282. The minimum Gasteiger partial charge on any atom is -0.395 e. The second kappa shape index (κ2) is 10.1. The number of carbonyl (C=O) groups is 2. The first-order chi connectivity index (χ1) is 9.47. The Labute approximate surface area is 124 Å². The molecule has 0 aromatic rings. The number of carbonyl (C=O) groups excluding carboxylic acids is 2. The standard InChI is InChI=1S/C7H13NO4S.C5H9NO2/c1-4-6(9)8-7(2,3)5-13(10,11)12;1-2-5(8)6-3-4-7/h4H,1,5H2,2-3H3,(H,8,9)(H,10,11,12);2,7H,1,3-4H2,(H,6,8). The second-order valence-electron chi connectivity index (χ2n) is 4.52. The van der Waals surface area contributed by atoms with Gasteiger partial charge in [0.05, 0.1) is 17.9 Å². The molecule has 122 valence electrons. The van der Waals surface area contributed by atoms with E-state index in [1.165, 1.54) is 13.8 Å². The summed E-state index contributed by atoms with van der Waals surface area (Å²) >= 11 is 0. The molecule has 0 aromatic carbocycles. The Morgan fingerprint density at radius 3 is 2.00 bits per heavy atom. The Morgan fingerprint density at radius 1 is 1.19 bits per heavy atom. The van der Waals surface area contributed by atoms with E-state index in [2.05, 4.69) is 23.8 Å². The zero-order valence-electron chi connectivity index (χ0n) is 12.1. The first kappa shape index (κ1) is 21.6. The fourth-order valence-electron chi connectivity index (χ4n) is 1.13. The van der Waals surface area contributed by atoms with Crippen LogP contribution in [0.3, 0.4) is 0 Å². The van der Waals surface area contributed by atoms with Crippen LogP contribution < -0.4 is 10.6 Å². The van der Waals surface area contributed by atoms with Crippen LogP contribution in [0.5, 0.6) is 0 Å². The van der Waals surface area contributed by atoms with E-state index in [0.29, 0.717) is 6.54 Å². The van der Waals surface area contributed by atoms with Gasteiger partial charge in [0.25, 0.3) is 10.1 Å². The lowest BCUT2D eigenvalue weighted by Crippen LogP contribution is -2.47. The van der Waals surface area contributed by atoms with Crippen molar-refractivity contribution in [2.24, 2.45) is 0 Å². The highest BCUT2D eigenvalue weighted by atomic mass is 32.2. The highest BCUT2D eigenvalue weighted by Crippen LogP contribution is 2.05. The van der Waals surface area contributed by atoms with Crippen LogP contribution in [-0.4, -0.2) is 54.3 Å². The highest BCUT2D eigenvalue weighted by molar-refractivity contribution is 7.85. The maximum absolute atomic E-state index is 10.8. The molecule has 0 rings (SSSR count). The van der Waals surface area contributed by atoms with Crippen molar-refractivity contribution in [1.29, 1.82) is 0 Å². The van der Waals surface area contributed by atoms with Gasteiger partial charge in [-0.2, -0.15) is 8.42 Å². The summed E-state index contributed by atoms with van der Waals surface area (Å²) < 4.78 is 29.5. The summed E-state index contributed by atoms with van der Waals surface area (Å²) in [6.07, 6.45) is 2.20. The van der Waals surface area contributed by atoms with Crippen molar-refractivity contribution in [2.75, 3.05) is 18.9 Å². The molecular weight excluding hydrogens is 300 g/mol. The van der Waals surface area contributed by atoms with Crippen LogP contribution in [0.15, 0.2) is 25.3 Å². The number of hydrogen-bond donors (Lipinski definition) is 4. The van der Waals surface area contributed by atoms with Crippen molar-refractivity contribution in [3.8, 4) is 0 Å². The molecule has 0 aliphatic carbocycles. The summed E-state index contributed by atoms with van der Waals surface area (Å²) in [5.74, 6) is -1.26. The van der Waals surface area contributed by atoms with Crippen molar-refractivity contribution in [3.05, 3.63) is 25.3 Å². The Morgan fingerprint density at radius 2 is 1.67 bits per heavy atom. The first-order valence-corrected chi connectivity index (χ1v) is 7.49. The van der Waals surface area contributed by atoms with Crippen LogP contribution in [-0.2, 0) is 19.7 Å². The molecule has 0 aliphatic rings. The summed E-state index contributed by atoms with van der Waals surface area (Å²) in [6.45, 7) is 9.68. The normalized spacial score (nSPS) is 10.7. The third kappa shape index (κ3) is 16.2. The van der Waals surface area contributed by atoms with Crippen molar-refractivity contribution in [3.63, 3.8) is 0 Å². The van der Waals surface area contributed by atoms with Gasteiger partial charge in [-0.15, -0.1) is 0 Å². The van der Waals surface area contributed by atoms with E-state index in [1.807, 2.05) is 0 Å². The Hall–Kier alpha value is -1.71. The summed E-state index contributed by atoms with van der Waals surface area (Å²) in [5.41, 5.74) is -1.00. The van der Waals surface area contributed by atoms with E-state index in [1.54, 1.807) is 0 Å². The van der Waals surface area contributed by atoms with Gasteiger partial charge in [0.1, 0.15) is 0 Å². The number of amides is 2. The Balaban J connectivity index is 0. The van der Waals surface area contributed by atoms with Crippen LogP contribution in [0.4, 0.5) is 0 Å². The van der Waals surface area contributed by atoms with E-state index >= 15 is 0 Å². The van der Waals surface area contributed by atoms with E-state index in [-0.39, 0.29) is 12.5 Å². The number of hydrogen-bond acceptors (Lipinski definition) is 5. The van der Waals surface area contributed by atoms with Gasteiger partial charge in [0.15, 0.2) is 0 Å². The fraction of sp³-hybridized carbons (Fsp3) is 0.500. The lowest BCUT2D eigenvalue weighted by atomic mass is 10.1. The predicted octanol–water partition coefficient (Wildman–Crippen LogP) is -0.764. The number of aliphatic hydroxyl groups excluding tert-OH is 1. The Kier molecular flexibility index (Phi) is 10.4. The van der Waals surface area contributed by atoms with Gasteiger partial charge in [-0.3, -0.25) is 14.1 Å². The predicted molar refractivity (Wildman–Crippen MR) is 79.1 cm³/mol. The third-order valence-electron chi connectivity index (χ3n) is 1.79. The molecule has 8 nitrogen and oxygen atoms in total. The molecule has 0 heterocycles. The molecule has 0 aromatic heterocycles. The first-order valence-electron chi connectivity index (χ1n) is 5.88. The largest absolute Gasteiger partial charge is 0.395 e. The van der Waals surface area contributed by atoms with Crippen molar-refractivity contribution >= 4 is 21.9 Å². The monoisotopic (exact) mass is 322 g/mol. The van der Waals surface area contributed by atoms with Crippen molar-refractivity contribution in [2.45, 2.75) is 19.4 Å². The molecule has 0 radical (unpaired) electrons. The van der Waals surface area contributed by atoms with Gasteiger partial charge < -0.3 is 15.7 Å². The molecule has 0 atom stereocenters. The molecule has 4 N–H and O–H groups in total. The van der Waals surface area contributed by atoms with Gasteiger partial charge >= 0.3 is 0 Å². The van der Waals surface area contributed by atoms with Gasteiger partial charge in [-0.1, -0.05) is 13.2 Å². The number of aliphatic hydroxyl groups is 1. The molecule has 0 saturated heterocycles. The minimum atomic E-state index is -4.08. The topological polar surface area (TPSA) is 133 Å². The molecule has 0 aliphatic heterocycles. The van der Waals surface area contributed by atoms with Crippen LogP contribution in [0.1, 0.15) is 13.8 Å². The summed E-state index contributed by atoms with van der Waals surface area (Å²) in [5, 5.41) is 12.9. The lowest BCUT2D eigenvalue weighted by molar-refractivity contribution is -0.118. The summed E-state index contributed by atoms with van der Waals surface area (Å²) in [6, 6.07) is 0. The van der Waals surface area contributed by atoms with Gasteiger partial charge in [-0.05, 0) is 26.0 Å². The molecular formula is C12H22N2O6S. The van der Waals surface area contributed by atoms with E-state index in [9.17, 15) is 18.0 Å². The van der Waals surface area contributed by atoms with Crippen LogP contribution in [0.2, 0.25) is 0 Å². The average Bonchev–Trinajstić information content (AvgIpc) is 2.32. The summed E-state index contributed by atoms with van der Waals surface area (Å²) in [4.78, 5) is 21.0. The van der Waals surface area contributed by atoms with E-state index < -0.39 is 27.3 Å². The maximum atomic E-state index is 10.8. The van der Waals surface area contributed by atoms with Crippen LogP contribution >= 0.6 is 0 Å². The zero-order valence-corrected chi connectivity index (χ0v) is 12.9. The van der Waals surface area contributed by atoms with Crippen molar-refractivity contribution < 1.29 is 27.7 Å². The molecule has 0 bridgehead atoms. The van der Waals surface area contributed by atoms with Gasteiger partial charge in [0.2, 0.25) is 11.8 Å². The SMILES string of the molecule is C=CC(=O)NC(C)(C)CS(=O)(=O)O.C=CC(=O)NCCO. The molecule has 21 heavy (non-hydrogen) atoms. The Bertz CT molecular complexity index is 470. The quantitative estimate of drug-likeness (QED) is 0.359. The van der Waals surface area contributed by atoms with Crippen LogP contribution in [0.25, 0.3) is 0 Å². The second-order valence-corrected chi connectivity index (χ2v) is 5.97. The van der Waals surface area contributed by atoms with E-state index in [0.717, 1.165) is 12.2 Å². The molecule has 0 unspecified atom stereocenters.